The number of hydrogen-bond donors (Lipinski definition) is 1. The number of carbonyl (C=O) groups excluding carboxylic acids is 2. The van der Waals surface area contributed by atoms with Gasteiger partial charge in [-0.2, -0.15) is 0 Å². The molecule has 104 valence electrons. The summed E-state index contributed by atoms with van der Waals surface area (Å²) in [6, 6.07) is 5.44. The van der Waals surface area contributed by atoms with Crippen LogP contribution in [0.5, 0.6) is 0 Å². The van der Waals surface area contributed by atoms with Crippen molar-refractivity contribution in [1.82, 2.24) is 14.8 Å². The van der Waals surface area contributed by atoms with Crippen molar-refractivity contribution in [1.29, 1.82) is 0 Å². The van der Waals surface area contributed by atoms with Crippen LogP contribution in [-0.4, -0.2) is 53.3 Å². The van der Waals surface area contributed by atoms with Gasteiger partial charge < -0.3 is 14.8 Å². The topological polar surface area (TPSA) is 56.4 Å². The van der Waals surface area contributed by atoms with Crippen LogP contribution >= 0.6 is 11.6 Å². The molecule has 0 spiro atoms. The van der Waals surface area contributed by atoms with Crippen molar-refractivity contribution in [2.24, 2.45) is 0 Å². The number of hydrogen-bond acceptors (Lipinski definition) is 2. The van der Waals surface area contributed by atoms with Gasteiger partial charge in [-0.1, -0.05) is 11.6 Å². The maximum atomic E-state index is 12.5. The standard InChI is InChI=1S/C14H14ClN3O2/c15-10-1-2-13-11(7-10)12(8-16-13)14(20)18-5-3-17(9-19)4-6-18/h1-2,7-9,16H,3-6H2. The summed E-state index contributed by atoms with van der Waals surface area (Å²) in [6.07, 6.45) is 2.54. The number of halogens is 1. The van der Waals surface area contributed by atoms with E-state index >= 15 is 0 Å². The first-order chi connectivity index (χ1) is 9.69. The smallest absolute Gasteiger partial charge is 0.256 e. The van der Waals surface area contributed by atoms with E-state index in [9.17, 15) is 9.59 Å². The van der Waals surface area contributed by atoms with E-state index in [0.29, 0.717) is 36.8 Å². The van der Waals surface area contributed by atoms with E-state index in [1.54, 1.807) is 28.1 Å². The lowest BCUT2D eigenvalue weighted by molar-refractivity contribution is -0.119. The molecule has 1 saturated heterocycles. The molecule has 20 heavy (non-hydrogen) atoms. The van der Waals surface area contributed by atoms with Gasteiger partial charge in [-0.25, -0.2) is 0 Å². The van der Waals surface area contributed by atoms with E-state index in [1.807, 2.05) is 6.07 Å². The summed E-state index contributed by atoms with van der Waals surface area (Å²) < 4.78 is 0. The molecule has 2 amide bonds. The summed E-state index contributed by atoms with van der Waals surface area (Å²) in [5.74, 6) is -0.0240. The number of amides is 2. The van der Waals surface area contributed by atoms with Crippen molar-refractivity contribution in [3.63, 3.8) is 0 Å². The maximum absolute atomic E-state index is 12.5. The van der Waals surface area contributed by atoms with E-state index < -0.39 is 0 Å². The lowest BCUT2D eigenvalue weighted by Crippen LogP contribution is -2.48. The summed E-state index contributed by atoms with van der Waals surface area (Å²) in [5.41, 5.74) is 1.52. The SMILES string of the molecule is O=CN1CCN(C(=O)c2c[nH]c3ccc(Cl)cc23)CC1. The van der Waals surface area contributed by atoms with Crippen LogP contribution in [0, 0.1) is 0 Å². The number of piperazine rings is 1. The van der Waals surface area contributed by atoms with Crippen LogP contribution in [0.15, 0.2) is 24.4 Å². The Bertz CT molecular complexity index is 659. The minimum atomic E-state index is -0.0240. The number of fused-ring (bicyclic) bond motifs is 1. The zero-order chi connectivity index (χ0) is 14.1. The van der Waals surface area contributed by atoms with Gasteiger partial charge in [0.25, 0.3) is 5.91 Å². The van der Waals surface area contributed by atoms with Crippen molar-refractivity contribution in [3.8, 4) is 0 Å². The molecule has 5 nitrogen and oxygen atoms in total. The summed E-state index contributed by atoms with van der Waals surface area (Å²) in [7, 11) is 0. The molecule has 3 rings (SSSR count). The Labute approximate surface area is 121 Å². The molecule has 1 aliphatic heterocycles. The Morgan fingerprint density at radius 1 is 1.25 bits per heavy atom. The molecule has 0 radical (unpaired) electrons. The molecular formula is C14H14ClN3O2. The third kappa shape index (κ3) is 2.25. The largest absolute Gasteiger partial charge is 0.360 e. The number of carbonyl (C=O) groups is 2. The van der Waals surface area contributed by atoms with Crippen LogP contribution in [0.1, 0.15) is 10.4 Å². The van der Waals surface area contributed by atoms with Gasteiger partial charge in [0.15, 0.2) is 0 Å². The molecule has 0 unspecified atom stereocenters. The van der Waals surface area contributed by atoms with Crippen LogP contribution in [0.4, 0.5) is 0 Å². The Hall–Kier alpha value is -2.01. The highest BCUT2D eigenvalue weighted by Gasteiger charge is 2.23. The summed E-state index contributed by atoms with van der Waals surface area (Å²) in [5, 5.41) is 1.44. The molecule has 0 atom stereocenters. The van der Waals surface area contributed by atoms with Crippen LogP contribution in [0.3, 0.4) is 0 Å². The van der Waals surface area contributed by atoms with E-state index in [-0.39, 0.29) is 5.91 Å². The van der Waals surface area contributed by atoms with Gasteiger partial charge in [0.05, 0.1) is 5.56 Å². The number of aromatic amines is 1. The number of H-pyrrole nitrogens is 1. The molecular weight excluding hydrogens is 278 g/mol. The summed E-state index contributed by atoms with van der Waals surface area (Å²) in [4.78, 5) is 29.7. The molecule has 2 aromatic rings. The fourth-order valence-electron chi connectivity index (χ4n) is 2.47. The normalized spacial score (nSPS) is 15.7. The van der Waals surface area contributed by atoms with E-state index in [0.717, 1.165) is 17.3 Å². The Balaban J connectivity index is 1.86. The molecule has 6 heteroatoms. The Kier molecular flexibility index (Phi) is 3.36. The predicted octanol–water partition coefficient (Wildman–Crippen LogP) is 1.74. The Morgan fingerprint density at radius 2 is 2.00 bits per heavy atom. The minimum Gasteiger partial charge on any atom is -0.360 e. The maximum Gasteiger partial charge on any atom is 0.256 e. The summed E-state index contributed by atoms with van der Waals surface area (Å²) in [6.45, 7) is 2.28. The zero-order valence-electron chi connectivity index (χ0n) is 10.8. The van der Waals surface area contributed by atoms with Gasteiger partial charge in [-0.05, 0) is 18.2 Å². The number of nitrogens with zero attached hydrogens (tertiary/aromatic N) is 2. The van der Waals surface area contributed by atoms with Gasteiger partial charge in [-0.3, -0.25) is 9.59 Å². The van der Waals surface area contributed by atoms with Crippen molar-refractivity contribution in [2.45, 2.75) is 0 Å². The van der Waals surface area contributed by atoms with Gasteiger partial charge in [0, 0.05) is 48.3 Å². The highest BCUT2D eigenvalue weighted by atomic mass is 35.5. The zero-order valence-corrected chi connectivity index (χ0v) is 11.6. The Morgan fingerprint density at radius 3 is 2.70 bits per heavy atom. The van der Waals surface area contributed by atoms with Gasteiger partial charge in [0.2, 0.25) is 6.41 Å². The predicted molar refractivity (Wildman–Crippen MR) is 76.8 cm³/mol. The molecule has 1 aromatic heterocycles. The molecule has 1 aromatic carbocycles. The highest BCUT2D eigenvalue weighted by Crippen LogP contribution is 2.23. The first kappa shape index (κ1) is 13.0. The minimum absolute atomic E-state index is 0.0240. The molecule has 0 aliphatic carbocycles. The first-order valence-electron chi connectivity index (χ1n) is 6.44. The van der Waals surface area contributed by atoms with E-state index in [2.05, 4.69) is 4.98 Å². The third-order valence-corrected chi connectivity index (χ3v) is 3.86. The monoisotopic (exact) mass is 291 g/mol. The summed E-state index contributed by atoms with van der Waals surface area (Å²) >= 11 is 5.99. The van der Waals surface area contributed by atoms with Crippen molar-refractivity contribution < 1.29 is 9.59 Å². The van der Waals surface area contributed by atoms with E-state index in [1.165, 1.54) is 0 Å². The van der Waals surface area contributed by atoms with Crippen molar-refractivity contribution in [2.75, 3.05) is 26.2 Å². The first-order valence-corrected chi connectivity index (χ1v) is 6.82. The fraction of sp³-hybridized carbons (Fsp3) is 0.286. The molecule has 2 heterocycles. The van der Waals surface area contributed by atoms with Crippen LogP contribution in [-0.2, 0) is 4.79 Å². The lowest BCUT2D eigenvalue weighted by Gasteiger charge is -2.32. The van der Waals surface area contributed by atoms with Crippen LogP contribution in [0.25, 0.3) is 10.9 Å². The molecule has 1 N–H and O–H groups in total. The van der Waals surface area contributed by atoms with Gasteiger partial charge in [0.1, 0.15) is 0 Å². The quantitative estimate of drug-likeness (QED) is 0.857. The lowest BCUT2D eigenvalue weighted by atomic mass is 10.1. The van der Waals surface area contributed by atoms with Gasteiger partial charge >= 0.3 is 0 Å². The molecule has 1 aliphatic rings. The third-order valence-electron chi connectivity index (χ3n) is 3.62. The van der Waals surface area contributed by atoms with Crippen LogP contribution < -0.4 is 0 Å². The second-order valence-electron chi connectivity index (χ2n) is 4.83. The number of nitrogens with one attached hydrogen (secondary N) is 1. The number of benzene rings is 1. The fourth-order valence-corrected chi connectivity index (χ4v) is 2.64. The highest BCUT2D eigenvalue weighted by molar-refractivity contribution is 6.31. The van der Waals surface area contributed by atoms with Gasteiger partial charge in [-0.15, -0.1) is 0 Å². The number of rotatable bonds is 2. The second-order valence-corrected chi connectivity index (χ2v) is 5.26. The average Bonchev–Trinajstić information content (AvgIpc) is 2.89. The van der Waals surface area contributed by atoms with Crippen molar-refractivity contribution >= 4 is 34.8 Å². The second kappa shape index (κ2) is 5.17. The van der Waals surface area contributed by atoms with Crippen LogP contribution in [0.2, 0.25) is 5.02 Å². The average molecular weight is 292 g/mol. The van der Waals surface area contributed by atoms with Crippen molar-refractivity contribution in [3.05, 3.63) is 35.0 Å². The molecule has 1 fully saturated rings. The molecule has 0 saturated carbocycles. The number of aromatic nitrogens is 1. The molecule has 0 bridgehead atoms. The van der Waals surface area contributed by atoms with E-state index in [4.69, 9.17) is 11.6 Å².